The fourth-order valence-corrected chi connectivity index (χ4v) is 4.13. The minimum absolute atomic E-state index is 0.00351. The Kier molecular flexibility index (Phi) is 6.66. The molecule has 0 radical (unpaired) electrons. The van der Waals surface area contributed by atoms with Gasteiger partial charge in [0.1, 0.15) is 0 Å². The Morgan fingerprint density at radius 3 is 2.58 bits per heavy atom. The van der Waals surface area contributed by atoms with Crippen LogP contribution in [0.5, 0.6) is 0 Å². The number of hydrogen-bond donors (Lipinski definition) is 0. The number of thioether (sulfide) groups is 1. The molecule has 0 amide bonds. The lowest BCUT2D eigenvalue weighted by Crippen LogP contribution is -2.37. The molecule has 1 aromatic rings. The molecule has 0 aliphatic heterocycles. The van der Waals surface area contributed by atoms with E-state index in [2.05, 4.69) is 0 Å². The second-order valence-corrected chi connectivity index (χ2v) is 7.74. The Bertz CT molecular complexity index is 505. The molecule has 3 nitrogen and oxygen atoms in total. The highest BCUT2D eigenvalue weighted by Gasteiger charge is 2.23. The van der Waals surface area contributed by atoms with Crippen molar-refractivity contribution in [3.05, 3.63) is 35.4 Å². The molecule has 0 fully saturated rings. The van der Waals surface area contributed by atoms with Crippen molar-refractivity contribution in [2.75, 3.05) is 19.1 Å². The second kappa shape index (κ2) is 7.53. The zero-order valence-corrected chi connectivity index (χ0v) is 13.9. The van der Waals surface area contributed by atoms with Crippen LogP contribution in [0.1, 0.15) is 18.1 Å². The normalized spacial score (nSPS) is 13.7. The van der Waals surface area contributed by atoms with Crippen LogP contribution in [-0.2, 0) is 21.7 Å². The Balaban J connectivity index is 2.83. The number of benzene rings is 1. The van der Waals surface area contributed by atoms with Crippen molar-refractivity contribution in [2.24, 2.45) is 0 Å². The molecule has 1 rings (SSSR count). The molecule has 0 aromatic heterocycles. The molecule has 19 heavy (non-hydrogen) atoms. The number of halogens is 1. The van der Waals surface area contributed by atoms with Crippen molar-refractivity contribution in [1.82, 2.24) is 4.31 Å². The maximum absolute atomic E-state index is 12.3. The molecule has 0 bridgehead atoms. The molecule has 1 unspecified atom stereocenters. The maximum Gasteiger partial charge on any atom is 0.218 e. The van der Waals surface area contributed by atoms with Crippen LogP contribution in [0.2, 0.25) is 0 Å². The van der Waals surface area contributed by atoms with Crippen LogP contribution in [-0.4, -0.2) is 37.8 Å². The number of sulfonamides is 1. The van der Waals surface area contributed by atoms with Gasteiger partial charge in [-0.1, -0.05) is 24.3 Å². The zero-order chi connectivity index (χ0) is 14.5. The molecule has 0 saturated carbocycles. The van der Waals surface area contributed by atoms with E-state index in [9.17, 15) is 8.42 Å². The number of alkyl halides is 1. The fraction of sp³-hybridized carbons (Fsp3) is 0.538. The van der Waals surface area contributed by atoms with Crippen molar-refractivity contribution in [1.29, 1.82) is 0 Å². The van der Waals surface area contributed by atoms with E-state index in [1.807, 2.05) is 37.4 Å². The topological polar surface area (TPSA) is 37.4 Å². The lowest BCUT2D eigenvalue weighted by Gasteiger charge is -2.23. The van der Waals surface area contributed by atoms with Gasteiger partial charge in [-0.25, -0.2) is 12.7 Å². The molecule has 0 spiro atoms. The van der Waals surface area contributed by atoms with E-state index in [0.717, 1.165) is 16.9 Å². The fourth-order valence-electron chi connectivity index (χ4n) is 1.74. The summed E-state index contributed by atoms with van der Waals surface area (Å²) in [5.74, 6) is 1.21. The van der Waals surface area contributed by atoms with Crippen LogP contribution in [0.3, 0.4) is 0 Å². The summed E-state index contributed by atoms with van der Waals surface area (Å²) >= 11 is 7.40. The van der Waals surface area contributed by atoms with Crippen LogP contribution in [0.15, 0.2) is 24.3 Å². The highest BCUT2D eigenvalue weighted by molar-refractivity contribution is 7.98. The van der Waals surface area contributed by atoms with Gasteiger partial charge in [-0.2, -0.15) is 11.8 Å². The van der Waals surface area contributed by atoms with E-state index in [0.29, 0.717) is 5.88 Å². The SMILES string of the molecule is CSCC(C)N(C)S(=O)(=O)Cc1cccc(CCl)c1. The van der Waals surface area contributed by atoms with E-state index < -0.39 is 10.0 Å². The van der Waals surface area contributed by atoms with Gasteiger partial charge in [0.25, 0.3) is 0 Å². The maximum atomic E-state index is 12.3. The van der Waals surface area contributed by atoms with E-state index in [4.69, 9.17) is 11.6 Å². The number of nitrogens with zero attached hydrogens (tertiary/aromatic N) is 1. The first-order chi connectivity index (χ1) is 8.90. The van der Waals surface area contributed by atoms with Crippen molar-refractivity contribution < 1.29 is 8.42 Å². The Labute approximate surface area is 125 Å². The Morgan fingerprint density at radius 2 is 2.00 bits per heavy atom. The van der Waals surface area contributed by atoms with E-state index in [1.54, 1.807) is 18.8 Å². The Morgan fingerprint density at radius 1 is 1.37 bits per heavy atom. The summed E-state index contributed by atoms with van der Waals surface area (Å²) in [6.45, 7) is 1.92. The molecule has 0 N–H and O–H groups in total. The van der Waals surface area contributed by atoms with Gasteiger partial charge in [0.05, 0.1) is 5.75 Å². The minimum atomic E-state index is -3.28. The third-order valence-corrected chi connectivity index (χ3v) is 6.02. The smallest absolute Gasteiger partial charge is 0.212 e. The van der Waals surface area contributed by atoms with Gasteiger partial charge >= 0.3 is 0 Å². The third kappa shape index (κ3) is 4.99. The van der Waals surface area contributed by atoms with Crippen LogP contribution < -0.4 is 0 Å². The van der Waals surface area contributed by atoms with Crippen molar-refractivity contribution in [2.45, 2.75) is 24.6 Å². The molecule has 0 aliphatic carbocycles. The lowest BCUT2D eigenvalue weighted by atomic mass is 10.2. The van der Waals surface area contributed by atoms with Gasteiger partial charge in [-0.05, 0) is 24.3 Å². The van der Waals surface area contributed by atoms with E-state index in [-0.39, 0.29) is 11.8 Å². The summed E-state index contributed by atoms with van der Waals surface area (Å²) in [5.41, 5.74) is 1.72. The summed E-state index contributed by atoms with van der Waals surface area (Å²) in [6, 6.07) is 7.39. The molecule has 0 heterocycles. The first-order valence-electron chi connectivity index (χ1n) is 5.99. The third-order valence-electron chi connectivity index (χ3n) is 2.96. The number of rotatable bonds is 7. The highest BCUT2D eigenvalue weighted by Crippen LogP contribution is 2.16. The van der Waals surface area contributed by atoms with E-state index in [1.165, 1.54) is 4.31 Å². The highest BCUT2D eigenvalue weighted by atomic mass is 35.5. The average Bonchev–Trinajstić information content (AvgIpc) is 2.37. The summed E-state index contributed by atoms with van der Waals surface area (Å²) in [6.07, 6.45) is 1.97. The average molecular weight is 322 g/mol. The van der Waals surface area contributed by atoms with Crippen molar-refractivity contribution in [3.63, 3.8) is 0 Å². The molecule has 108 valence electrons. The first kappa shape index (κ1) is 16.8. The molecular formula is C13H20ClNO2S2. The van der Waals surface area contributed by atoms with Crippen molar-refractivity contribution >= 4 is 33.4 Å². The van der Waals surface area contributed by atoms with Crippen LogP contribution >= 0.6 is 23.4 Å². The molecule has 1 atom stereocenters. The lowest BCUT2D eigenvalue weighted by molar-refractivity contribution is 0.414. The van der Waals surface area contributed by atoms with Gasteiger partial charge < -0.3 is 0 Å². The van der Waals surface area contributed by atoms with Gasteiger partial charge in [0, 0.05) is 24.7 Å². The van der Waals surface area contributed by atoms with Crippen LogP contribution in [0.25, 0.3) is 0 Å². The summed E-state index contributed by atoms with van der Waals surface area (Å²) in [4.78, 5) is 0. The molecule has 0 saturated heterocycles. The monoisotopic (exact) mass is 321 g/mol. The molecule has 1 aromatic carbocycles. The zero-order valence-electron chi connectivity index (χ0n) is 11.5. The largest absolute Gasteiger partial charge is 0.218 e. The van der Waals surface area contributed by atoms with Crippen LogP contribution in [0.4, 0.5) is 0 Å². The van der Waals surface area contributed by atoms with Gasteiger partial charge in [0.2, 0.25) is 10.0 Å². The quantitative estimate of drug-likeness (QED) is 0.725. The van der Waals surface area contributed by atoms with Gasteiger partial charge in [-0.15, -0.1) is 11.6 Å². The molecule has 0 aliphatic rings. The predicted molar refractivity (Wildman–Crippen MR) is 84.2 cm³/mol. The molecular weight excluding hydrogens is 302 g/mol. The second-order valence-electron chi connectivity index (χ2n) is 4.53. The van der Waals surface area contributed by atoms with Crippen LogP contribution in [0, 0.1) is 0 Å². The van der Waals surface area contributed by atoms with Crippen molar-refractivity contribution in [3.8, 4) is 0 Å². The van der Waals surface area contributed by atoms with E-state index >= 15 is 0 Å². The summed E-state index contributed by atoms with van der Waals surface area (Å²) in [7, 11) is -1.64. The Hall–Kier alpha value is -0.230. The summed E-state index contributed by atoms with van der Waals surface area (Å²) < 4.78 is 26.1. The minimum Gasteiger partial charge on any atom is -0.212 e. The molecule has 6 heteroatoms. The van der Waals surface area contributed by atoms with Gasteiger partial charge in [-0.3, -0.25) is 0 Å². The summed E-state index contributed by atoms with van der Waals surface area (Å²) in [5, 5.41) is 0. The first-order valence-corrected chi connectivity index (χ1v) is 9.53. The standard InChI is InChI=1S/C13H20ClNO2S2/c1-11(9-18-3)15(2)19(16,17)10-13-6-4-5-12(7-13)8-14/h4-7,11H,8-10H2,1-3H3. The van der Waals surface area contributed by atoms with Gasteiger partial charge in [0.15, 0.2) is 0 Å². The predicted octanol–water partition coefficient (Wildman–Crippen LogP) is 2.94. The number of hydrogen-bond acceptors (Lipinski definition) is 3.